The predicted molar refractivity (Wildman–Crippen MR) is 85.2 cm³/mol. The molecule has 2 N–H and O–H groups in total. The molecule has 0 aliphatic heterocycles. The quantitative estimate of drug-likeness (QED) is 0.857. The van der Waals surface area contributed by atoms with Gasteiger partial charge < -0.3 is 15.2 Å². The normalized spacial score (nSPS) is 15.4. The van der Waals surface area contributed by atoms with Crippen LogP contribution in [0.2, 0.25) is 0 Å². The molecule has 0 radical (unpaired) electrons. The van der Waals surface area contributed by atoms with Gasteiger partial charge in [0.2, 0.25) is 0 Å². The van der Waals surface area contributed by atoms with Crippen LogP contribution in [0.25, 0.3) is 10.6 Å². The highest BCUT2D eigenvalue weighted by molar-refractivity contribution is 7.16. The fourth-order valence-corrected chi connectivity index (χ4v) is 3.01. The molecule has 1 fully saturated rings. The van der Waals surface area contributed by atoms with Crippen molar-refractivity contribution in [2.75, 3.05) is 20.3 Å². The number of thiazole rings is 1. The smallest absolute Gasteiger partial charge is 0.263 e. The Balaban J connectivity index is 1.66. The van der Waals surface area contributed by atoms with Crippen molar-refractivity contribution in [2.45, 2.75) is 12.8 Å². The standard InChI is InChI=1S/C16H18N2O3S/c1-21-12-4-2-11(3-5-12)15-17-8-13(22-15)14(20)18-9-16(10-19)6-7-16/h2-5,8,19H,6-7,9-10H2,1H3,(H,18,20). The number of methoxy groups -OCH3 is 1. The summed E-state index contributed by atoms with van der Waals surface area (Å²) in [6.07, 6.45) is 3.55. The van der Waals surface area contributed by atoms with E-state index in [2.05, 4.69) is 10.3 Å². The molecule has 0 atom stereocenters. The Bertz CT molecular complexity index is 662. The minimum Gasteiger partial charge on any atom is -0.497 e. The topological polar surface area (TPSA) is 71.5 Å². The highest BCUT2D eigenvalue weighted by atomic mass is 32.1. The summed E-state index contributed by atoms with van der Waals surface area (Å²) in [5.41, 5.74) is 0.873. The van der Waals surface area contributed by atoms with E-state index in [9.17, 15) is 9.90 Å². The van der Waals surface area contributed by atoms with E-state index in [1.807, 2.05) is 24.3 Å². The summed E-state index contributed by atoms with van der Waals surface area (Å²) in [7, 11) is 1.62. The summed E-state index contributed by atoms with van der Waals surface area (Å²) < 4.78 is 5.13. The van der Waals surface area contributed by atoms with Gasteiger partial charge in [-0.3, -0.25) is 4.79 Å². The number of hydrogen-bond acceptors (Lipinski definition) is 5. The molecule has 1 aliphatic rings. The largest absolute Gasteiger partial charge is 0.497 e. The Kier molecular flexibility index (Phi) is 4.13. The molecule has 0 saturated heterocycles. The van der Waals surface area contributed by atoms with Crippen LogP contribution in [-0.2, 0) is 0 Å². The highest BCUT2D eigenvalue weighted by Crippen LogP contribution is 2.44. The first-order valence-electron chi connectivity index (χ1n) is 7.15. The average molecular weight is 318 g/mol. The third-order valence-electron chi connectivity index (χ3n) is 3.98. The van der Waals surface area contributed by atoms with Gasteiger partial charge in [-0.25, -0.2) is 4.98 Å². The lowest BCUT2D eigenvalue weighted by Gasteiger charge is -2.11. The second-order valence-corrected chi connectivity index (χ2v) is 6.63. The maximum absolute atomic E-state index is 12.1. The van der Waals surface area contributed by atoms with Crippen molar-refractivity contribution in [1.29, 1.82) is 0 Å². The van der Waals surface area contributed by atoms with Gasteiger partial charge in [0, 0.05) is 17.5 Å². The number of aliphatic hydroxyl groups is 1. The molecule has 2 aromatic rings. The van der Waals surface area contributed by atoms with Gasteiger partial charge in [-0.05, 0) is 37.1 Å². The van der Waals surface area contributed by atoms with Gasteiger partial charge in [-0.2, -0.15) is 0 Å². The van der Waals surface area contributed by atoms with Crippen molar-refractivity contribution in [3.05, 3.63) is 35.3 Å². The number of benzene rings is 1. The number of nitrogens with one attached hydrogen (secondary N) is 1. The van der Waals surface area contributed by atoms with E-state index in [1.54, 1.807) is 13.3 Å². The fourth-order valence-electron chi connectivity index (χ4n) is 2.17. The molecule has 1 amide bonds. The molecule has 1 heterocycles. The van der Waals surface area contributed by atoms with Crippen LogP contribution in [0.15, 0.2) is 30.5 Å². The molecule has 116 valence electrons. The van der Waals surface area contributed by atoms with Crippen LogP contribution in [-0.4, -0.2) is 36.3 Å². The molecule has 22 heavy (non-hydrogen) atoms. The first kappa shape index (κ1) is 15.0. The lowest BCUT2D eigenvalue weighted by Crippen LogP contribution is -2.31. The Morgan fingerprint density at radius 1 is 1.41 bits per heavy atom. The molecule has 0 unspecified atom stereocenters. The van der Waals surface area contributed by atoms with Crippen LogP contribution in [0.1, 0.15) is 22.5 Å². The predicted octanol–water partition coefficient (Wildman–Crippen LogP) is 2.32. The number of rotatable bonds is 6. The molecule has 0 bridgehead atoms. The van der Waals surface area contributed by atoms with Crippen LogP contribution in [0.3, 0.4) is 0 Å². The molecule has 5 nitrogen and oxygen atoms in total. The summed E-state index contributed by atoms with van der Waals surface area (Å²) in [5.74, 6) is 0.661. The van der Waals surface area contributed by atoms with E-state index in [0.29, 0.717) is 11.4 Å². The summed E-state index contributed by atoms with van der Waals surface area (Å²) in [5, 5.41) is 13.0. The Morgan fingerprint density at radius 3 is 2.73 bits per heavy atom. The summed E-state index contributed by atoms with van der Waals surface area (Å²) in [6, 6.07) is 7.58. The monoisotopic (exact) mass is 318 g/mol. The van der Waals surface area contributed by atoms with Crippen molar-refractivity contribution in [2.24, 2.45) is 5.41 Å². The van der Waals surface area contributed by atoms with Crippen molar-refractivity contribution < 1.29 is 14.6 Å². The van der Waals surface area contributed by atoms with Gasteiger partial charge >= 0.3 is 0 Å². The minimum absolute atomic E-state index is 0.0842. The number of amides is 1. The van der Waals surface area contributed by atoms with E-state index >= 15 is 0 Å². The number of aromatic nitrogens is 1. The van der Waals surface area contributed by atoms with Crippen molar-refractivity contribution >= 4 is 17.2 Å². The zero-order valence-corrected chi connectivity index (χ0v) is 13.2. The van der Waals surface area contributed by atoms with Crippen LogP contribution in [0.5, 0.6) is 5.75 Å². The SMILES string of the molecule is COc1ccc(-c2ncc(C(=O)NCC3(CO)CC3)s2)cc1. The van der Waals surface area contributed by atoms with Gasteiger partial charge in [0.15, 0.2) is 0 Å². The molecule has 1 saturated carbocycles. The number of hydrogen-bond donors (Lipinski definition) is 2. The van der Waals surface area contributed by atoms with E-state index in [4.69, 9.17) is 4.74 Å². The van der Waals surface area contributed by atoms with E-state index in [0.717, 1.165) is 29.2 Å². The molecule has 3 rings (SSSR count). The maximum Gasteiger partial charge on any atom is 0.263 e. The second kappa shape index (κ2) is 6.06. The summed E-state index contributed by atoms with van der Waals surface area (Å²) >= 11 is 1.36. The number of nitrogens with zero attached hydrogens (tertiary/aromatic N) is 1. The third kappa shape index (κ3) is 3.13. The van der Waals surface area contributed by atoms with Gasteiger partial charge in [0.1, 0.15) is 15.6 Å². The van der Waals surface area contributed by atoms with E-state index < -0.39 is 0 Å². The molecule has 1 aromatic carbocycles. The number of carbonyl (C=O) groups is 1. The van der Waals surface area contributed by atoms with Crippen LogP contribution >= 0.6 is 11.3 Å². The van der Waals surface area contributed by atoms with Crippen molar-refractivity contribution in [3.63, 3.8) is 0 Å². The Labute approximate surface area is 133 Å². The van der Waals surface area contributed by atoms with Gasteiger partial charge in [0.25, 0.3) is 5.91 Å². The maximum atomic E-state index is 12.1. The summed E-state index contributed by atoms with van der Waals surface area (Å²) in [6.45, 7) is 0.658. The lowest BCUT2D eigenvalue weighted by molar-refractivity contribution is 0.0939. The van der Waals surface area contributed by atoms with Crippen molar-refractivity contribution in [3.8, 4) is 16.3 Å². The zero-order valence-electron chi connectivity index (χ0n) is 12.3. The second-order valence-electron chi connectivity index (χ2n) is 5.60. The number of ether oxygens (including phenoxy) is 1. The van der Waals surface area contributed by atoms with Crippen LogP contribution in [0.4, 0.5) is 0 Å². The Hall–Kier alpha value is -1.92. The molecule has 1 aromatic heterocycles. The first-order valence-corrected chi connectivity index (χ1v) is 7.97. The third-order valence-corrected chi connectivity index (χ3v) is 5.03. The molecule has 1 aliphatic carbocycles. The van der Waals surface area contributed by atoms with Gasteiger partial charge in [-0.15, -0.1) is 11.3 Å². The number of aliphatic hydroxyl groups excluding tert-OH is 1. The number of carbonyl (C=O) groups excluding carboxylic acids is 1. The van der Waals surface area contributed by atoms with E-state index in [1.165, 1.54) is 11.3 Å². The summed E-state index contributed by atoms with van der Waals surface area (Å²) in [4.78, 5) is 17.0. The molecular formula is C16H18N2O3S. The van der Waals surface area contributed by atoms with Crippen molar-refractivity contribution in [1.82, 2.24) is 10.3 Å². The first-order chi connectivity index (χ1) is 10.7. The molecule has 0 spiro atoms. The molecule has 6 heteroatoms. The van der Waals surface area contributed by atoms with Gasteiger partial charge in [0.05, 0.1) is 19.9 Å². The minimum atomic E-state index is -0.128. The van der Waals surface area contributed by atoms with Gasteiger partial charge in [-0.1, -0.05) is 0 Å². The Morgan fingerprint density at radius 2 is 2.14 bits per heavy atom. The zero-order chi connectivity index (χ0) is 15.6. The lowest BCUT2D eigenvalue weighted by atomic mass is 10.1. The average Bonchev–Trinajstić information content (AvgIpc) is 3.18. The van der Waals surface area contributed by atoms with Crippen LogP contribution < -0.4 is 10.1 Å². The highest BCUT2D eigenvalue weighted by Gasteiger charge is 2.42. The molecular weight excluding hydrogens is 300 g/mol. The fraction of sp³-hybridized carbons (Fsp3) is 0.375. The van der Waals surface area contributed by atoms with Crippen LogP contribution in [0, 0.1) is 5.41 Å². The van der Waals surface area contributed by atoms with E-state index in [-0.39, 0.29) is 17.9 Å².